The molecule has 0 aromatic carbocycles. The van der Waals surface area contributed by atoms with E-state index in [1.165, 1.54) is 0 Å². The van der Waals surface area contributed by atoms with Gasteiger partial charge in [-0.3, -0.25) is 4.79 Å². The standard InChI is InChI=1S/C9H12BrNO2/c1-4-6-5-7(13-3)8(10)9(12)11(6)2/h5H,4H2,1-3H3. The number of hydrogen-bond acceptors (Lipinski definition) is 2. The predicted molar refractivity (Wildman–Crippen MR) is 55.3 cm³/mol. The van der Waals surface area contributed by atoms with E-state index < -0.39 is 0 Å². The Balaban J connectivity index is 3.46. The van der Waals surface area contributed by atoms with Gasteiger partial charge in [0, 0.05) is 18.8 Å². The molecule has 0 aliphatic rings. The summed E-state index contributed by atoms with van der Waals surface area (Å²) in [6, 6.07) is 1.87. The molecule has 0 bridgehead atoms. The number of aromatic nitrogens is 1. The van der Waals surface area contributed by atoms with E-state index in [0.717, 1.165) is 12.1 Å². The third kappa shape index (κ3) is 1.77. The van der Waals surface area contributed by atoms with E-state index in [-0.39, 0.29) is 5.56 Å². The number of rotatable bonds is 2. The fourth-order valence-corrected chi connectivity index (χ4v) is 1.72. The number of halogens is 1. The molecule has 1 rings (SSSR count). The average Bonchev–Trinajstić information content (AvgIpc) is 2.15. The highest BCUT2D eigenvalue weighted by atomic mass is 79.9. The van der Waals surface area contributed by atoms with E-state index in [0.29, 0.717) is 10.2 Å². The zero-order valence-electron chi connectivity index (χ0n) is 7.93. The summed E-state index contributed by atoms with van der Waals surface area (Å²) >= 11 is 3.20. The van der Waals surface area contributed by atoms with Crippen LogP contribution in [0.2, 0.25) is 0 Å². The molecule has 1 aromatic rings. The van der Waals surface area contributed by atoms with Crippen molar-refractivity contribution in [3.63, 3.8) is 0 Å². The van der Waals surface area contributed by atoms with E-state index >= 15 is 0 Å². The zero-order valence-corrected chi connectivity index (χ0v) is 9.51. The summed E-state index contributed by atoms with van der Waals surface area (Å²) in [6.45, 7) is 2.00. The maximum Gasteiger partial charge on any atom is 0.268 e. The Kier molecular flexibility index (Phi) is 3.14. The molecule has 0 atom stereocenters. The molecule has 0 amide bonds. The van der Waals surface area contributed by atoms with Crippen LogP contribution in [0.25, 0.3) is 0 Å². The summed E-state index contributed by atoms with van der Waals surface area (Å²) in [6.07, 6.45) is 0.815. The van der Waals surface area contributed by atoms with Crippen molar-refractivity contribution in [2.75, 3.05) is 7.11 Å². The quantitative estimate of drug-likeness (QED) is 0.795. The van der Waals surface area contributed by atoms with Crippen molar-refractivity contribution in [2.24, 2.45) is 7.05 Å². The van der Waals surface area contributed by atoms with Gasteiger partial charge in [-0.15, -0.1) is 0 Å². The number of nitrogens with zero attached hydrogens (tertiary/aromatic N) is 1. The van der Waals surface area contributed by atoms with E-state index in [1.807, 2.05) is 13.0 Å². The van der Waals surface area contributed by atoms with Gasteiger partial charge in [0.05, 0.1) is 7.11 Å². The van der Waals surface area contributed by atoms with E-state index in [9.17, 15) is 4.79 Å². The van der Waals surface area contributed by atoms with E-state index in [2.05, 4.69) is 15.9 Å². The second kappa shape index (κ2) is 3.96. The molecule has 4 heteroatoms. The first-order valence-electron chi connectivity index (χ1n) is 4.04. The van der Waals surface area contributed by atoms with Crippen LogP contribution >= 0.6 is 15.9 Å². The first-order chi connectivity index (χ1) is 6.11. The second-order valence-corrected chi connectivity index (χ2v) is 3.53. The number of hydrogen-bond donors (Lipinski definition) is 0. The largest absolute Gasteiger partial charge is 0.495 e. The highest BCUT2D eigenvalue weighted by Gasteiger charge is 2.09. The number of aryl methyl sites for hydroxylation is 1. The summed E-state index contributed by atoms with van der Waals surface area (Å²) in [5, 5.41) is 0. The van der Waals surface area contributed by atoms with Gasteiger partial charge in [-0.1, -0.05) is 6.92 Å². The van der Waals surface area contributed by atoms with Gasteiger partial charge in [-0.2, -0.15) is 0 Å². The normalized spacial score (nSPS) is 10.2. The Bertz CT molecular complexity index is 339. The van der Waals surface area contributed by atoms with Crippen molar-refractivity contribution < 1.29 is 4.74 Å². The molecule has 1 aromatic heterocycles. The van der Waals surface area contributed by atoms with Crippen LogP contribution < -0.4 is 10.3 Å². The molecular formula is C9H12BrNO2. The second-order valence-electron chi connectivity index (χ2n) is 2.74. The average molecular weight is 246 g/mol. The highest BCUT2D eigenvalue weighted by molar-refractivity contribution is 9.10. The number of methoxy groups -OCH3 is 1. The molecule has 13 heavy (non-hydrogen) atoms. The maximum absolute atomic E-state index is 11.6. The summed E-state index contributed by atoms with van der Waals surface area (Å²) in [4.78, 5) is 11.6. The molecule has 0 saturated heterocycles. The topological polar surface area (TPSA) is 31.2 Å². The van der Waals surface area contributed by atoms with Gasteiger partial charge in [0.1, 0.15) is 10.2 Å². The van der Waals surface area contributed by atoms with Crippen molar-refractivity contribution in [1.29, 1.82) is 0 Å². The van der Waals surface area contributed by atoms with Gasteiger partial charge >= 0.3 is 0 Å². The molecule has 0 N–H and O–H groups in total. The molecule has 0 saturated carbocycles. The fraction of sp³-hybridized carbons (Fsp3) is 0.444. The van der Waals surface area contributed by atoms with Crippen molar-refractivity contribution >= 4 is 15.9 Å². The molecule has 0 aliphatic carbocycles. The first kappa shape index (κ1) is 10.3. The maximum atomic E-state index is 11.6. The molecule has 0 spiro atoms. The Labute approximate surface area is 85.5 Å². The Morgan fingerprint density at radius 3 is 2.69 bits per heavy atom. The third-order valence-corrected chi connectivity index (χ3v) is 2.75. The lowest BCUT2D eigenvalue weighted by atomic mass is 10.2. The molecule has 72 valence electrons. The van der Waals surface area contributed by atoms with Crippen LogP contribution in [-0.2, 0) is 13.5 Å². The summed E-state index contributed by atoms with van der Waals surface area (Å²) in [7, 11) is 3.31. The minimum absolute atomic E-state index is 0.0591. The molecule has 0 aliphatic heterocycles. The Morgan fingerprint density at radius 1 is 1.62 bits per heavy atom. The third-order valence-electron chi connectivity index (χ3n) is 2.02. The van der Waals surface area contributed by atoms with Gasteiger partial charge in [0.15, 0.2) is 0 Å². The van der Waals surface area contributed by atoms with Crippen molar-refractivity contribution in [1.82, 2.24) is 4.57 Å². The van der Waals surface area contributed by atoms with Crippen LogP contribution in [0.4, 0.5) is 0 Å². The zero-order chi connectivity index (χ0) is 10.0. The van der Waals surface area contributed by atoms with Gasteiger partial charge in [0.25, 0.3) is 5.56 Å². The van der Waals surface area contributed by atoms with Gasteiger partial charge in [-0.05, 0) is 22.4 Å². The minimum atomic E-state index is -0.0591. The smallest absolute Gasteiger partial charge is 0.268 e. The van der Waals surface area contributed by atoms with Crippen LogP contribution in [0.5, 0.6) is 5.75 Å². The Morgan fingerprint density at radius 2 is 2.23 bits per heavy atom. The molecular weight excluding hydrogens is 234 g/mol. The van der Waals surface area contributed by atoms with Gasteiger partial charge < -0.3 is 9.30 Å². The molecule has 3 nitrogen and oxygen atoms in total. The van der Waals surface area contributed by atoms with Gasteiger partial charge in [0.2, 0.25) is 0 Å². The lowest BCUT2D eigenvalue weighted by Crippen LogP contribution is -2.21. The molecule has 0 fully saturated rings. The lowest BCUT2D eigenvalue weighted by Gasteiger charge is -2.09. The van der Waals surface area contributed by atoms with Gasteiger partial charge in [-0.25, -0.2) is 0 Å². The minimum Gasteiger partial charge on any atom is -0.495 e. The van der Waals surface area contributed by atoms with Crippen molar-refractivity contribution in [2.45, 2.75) is 13.3 Å². The lowest BCUT2D eigenvalue weighted by molar-refractivity contribution is 0.408. The summed E-state index contributed by atoms with van der Waals surface area (Å²) in [5.74, 6) is 0.597. The van der Waals surface area contributed by atoms with E-state index in [1.54, 1.807) is 18.7 Å². The van der Waals surface area contributed by atoms with Crippen molar-refractivity contribution in [3.8, 4) is 5.75 Å². The van der Waals surface area contributed by atoms with Crippen molar-refractivity contribution in [3.05, 3.63) is 26.6 Å². The number of ether oxygens (including phenoxy) is 1. The Hall–Kier alpha value is -0.770. The SMILES string of the molecule is CCc1cc(OC)c(Br)c(=O)n1C. The molecule has 0 radical (unpaired) electrons. The van der Waals surface area contributed by atoms with Crippen LogP contribution in [0.1, 0.15) is 12.6 Å². The molecule has 1 heterocycles. The summed E-state index contributed by atoms with van der Waals surface area (Å²) in [5.41, 5.74) is 0.904. The highest BCUT2D eigenvalue weighted by Crippen LogP contribution is 2.21. The first-order valence-corrected chi connectivity index (χ1v) is 4.83. The predicted octanol–water partition coefficient (Wildman–Crippen LogP) is 1.72. The molecule has 0 unspecified atom stereocenters. The number of pyridine rings is 1. The fourth-order valence-electron chi connectivity index (χ4n) is 1.18. The van der Waals surface area contributed by atoms with Crippen LogP contribution in [0, 0.1) is 0 Å². The summed E-state index contributed by atoms with van der Waals surface area (Å²) < 4.78 is 7.16. The van der Waals surface area contributed by atoms with Crippen LogP contribution in [0.15, 0.2) is 15.3 Å². The van der Waals surface area contributed by atoms with Crippen LogP contribution in [-0.4, -0.2) is 11.7 Å². The van der Waals surface area contributed by atoms with E-state index in [4.69, 9.17) is 4.74 Å². The van der Waals surface area contributed by atoms with Crippen LogP contribution in [0.3, 0.4) is 0 Å². The monoisotopic (exact) mass is 245 g/mol.